The lowest BCUT2D eigenvalue weighted by molar-refractivity contribution is -0.115. The number of anilines is 1. The topological polar surface area (TPSA) is 122 Å². The van der Waals surface area contributed by atoms with Gasteiger partial charge in [-0.2, -0.15) is 5.26 Å². The van der Waals surface area contributed by atoms with Gasteiger partial charge in [0.05, 0.1) is 22.9 Å². The molecule has 0 saturated carbocycles. The maximum Gasteiger partial charge on any atom is 0.238 e. The van der Waals surface area contributed by atoms with Gasteiger partial charge in [0.15, 0.2) is 0 Å². The van der Waals surface area contributed by atoms with E-state index in [1.165, 1.54) is 36.4 Å². The number of nitriles is 1. The minimum absolute atomic E-state index is 0.0280. The summed E-state index contributed by atoms with van der Waals surface area (Å²) in [6.07, 6.45) is 0.0280. The molecule has 3 aromatic rings. The number of sulfonamides is 1. The third-order valence-electron chi connectivity index (χ3n) is 4.31. The second kappa shape index (κ2) is 8.95. The molecule has 3 N–H and O–H groups in total. The number of benzene rings is 3. The summed E-state index contributed by atoms with van der Waals surface area (Å²) in [6.45, 7) is 1.80. The van der Waals surface area contributed by atoms with Gasteiger partial charge in [0, 0.05) is 11.8 Å². The number of rotatable bonds is 6. The Hall–Kier alpha value is -3.74. The molecule has 31 heavy (non-hydrogen) atoms. The largest absolute Gasteiger partial charge is 0.457 e. The van der Waals surface area contributed by atoms with Crippen molar-refractivity contribution in [2.75, 3.05) is 5.32 Å². The maximum atomic E-state index is 13.6. The number of halogens is 1. The van der Waals surface area contributed by atoms with Gasteiger partial charge in [-0.1, -0.05) is 12.1 Å². The predicted octanol–water partition coefficient (Wildman–Crippen LogP) is 3.63. The third-order valence-corrected chi connectivity index (χ3v) is 5.24. The highest BCUT2D eigenvalue weighted by Gasteiger charge is 2.11. The molecule has 0 aliphatic carbocycles. The van der Waals surface area contributed by atoms with Crippen LogP contribution < -0.4 is 15.2 Å². The zero-order valence-corrected chi connectivity index (χ0v) is 17.2. The standard InChI is InChI=1S/C22H18FN3O4S/c1-14-2-3-15(10-21(14)30-19-9-16(13-24)8-17(23)12-19)11-22(27)26-18-4-6-20(7-5-18)31(25,28)29/h2-10,12H,11H2,1H3,(H,26,27)(H2,25,28,29). The van der Waals surface area contributed by atoms with E-state index < -0.39 is 15.8 Å². The van der Waals surface area contributed by atoms with Crippen LogP contribution in [0.25, 0.3) is 0 Å². The van der Waals surface area contributed by atoms with E-state index in [1.807, 2.05) is 6.07 Å². The highest BCUT2D eigenvalue weighted by molar-refractivity contribution is 7.89. The van der Waals surface area contributed by atoms with Gasteiger partial charge < -0.3 is 10.1 Å². The zero-order chi connectivity index (χ0) is 22.6. The van der Waals surface area contributed by atoms with Crippen LogP contribution in [0.3, 0.4) is 0 Å². The summed E-state index contributed by atoms with van der Waals surface area (Å²) in [6, 6.07) is 16.3. The smallest absolute Gasteiger partial charge is 0.238 e. The van der Waals surface area contributed by atoms with Gasteiger partial charge in [-0.3, -0.25) is 4.79 Å². The molecule has 0 unspecified atom stereocenters. The Morgan fingerprint density at radius 1 is 1.13 bits per heavy atom. The fourth-order valence-electron chi connectivity index (χ4n) is 2.80. The molecule has 0 aromatic heterocycles. The number of hydrogen-bond donors (Lipinski definition) is 2. The first-order chi connectivity index (χ1) is 14.6. The van der Waals surface area contributed by atoms with Crippen molar-refractivity contribution in [1.29, 1.82) is 5.26 Å². The minimum Gasteiger partial charge on any atom is -0.457 e. The normalized spacial score (nSPS) is 10.9. The van der Waals surface area contributed by atoms with E-state index in [0.29, 0.717) is 17.0 Å². The molecular weight excluding hydrogens is 421 g/mol. The fraction of sp³-hybridized carbons (Fsp3) is 0.0909. The first-order valence-electron chi connectivity index (χ1n) is 9.05. The molecular formula is C22H18FN3O4S. The van der Waals surface area contributed by atoms with Gasteiger partial charge in [-0.25, -0.2) is 17.9 Å². The Labute approximate surface area is 178 Å². The summed E-state index contributed by atoms with van der Waals surface area (Å²) >= 11 is 0. The SMILES string of the molecule is Cc1ccc(CC(=O)Nc2ccc(S(N)(=O)=O)cc2)cc1Oc1cc(F)cc(C#N)c1. The summed E-state index contributed by atoms with van der Waals surface area (Å²) in [5.41, 5.74) is 1.98. The number of aryl methyl sites for hydroxylation is 1. The number of amides is 1. The van der Waals surface area contributed by atoms with E-state index in [2.05, 4.69) is 5.32 Å². The number of nitrogens with two attached hydrogens (primary N) is 1. The van der Waals surface area contributed by atoms with Gasteiger partial charge in [0.25, 0.3) is 0 Å². The van der Waals surface area contributed by atoms with Crippen LogP contribution in [0.2, 0.25) is 0 Å². The number of ether oxygens (including phenoxy) is 1. The van der Waals surface area contributed by atoms with Crippen molar-refractivity contribution in [1.82, 2.24) is 0 Å². The van der Waals surface area contributed by atoms with Crippen molar-refractivity contribution >= 4 is 21.6 Å². The van der Waals surface area contributed by atoms with Crippen LogP contribution in [-0.2, 0) is 21.2 Å². The van der Waals surface area contributed by atoms with E-state index >= 15 is 0 Å². The molecule has 0 bridgehead atoms. The summed E-state index contributed by atoms with van der Waals surface area (Å²) in [7, 11) is -3.81. The Morgan fingerprint density at radius 2 is 1.84 bits per heavy atom. The van der Waals surface area contributed by atoms with Crippen molar-refractivity contribution in [3.05, 3.63) is 83.2 Å². The molecule has 1 amide bonds. The Morgan fingerprint density at radius 3 is 2.48 bits per heavy atom. The summed E-state index contributed by atoms with van der Waals surface area (Å²) in [5, 5.41) is 16.7. The summed E-state index contributed by atoms with van der Waals surface area (Å²) in [4.78, 5) is 12.3. The van der Waals surface area contributed by atoms with E-state index in [-0.39, 0.29) is 28.5 Å². The Kier molecular flexibility index (Phi) is 6.34. The van der Waals surface area contributed by atoms with Crippen LogP contribution in [0.5, 0.6) is 11.5 Å². The van der Waals surface area contributed by atoms with Crippen LogP contribution >= 0.6 is 0 Å². The molecule has 0 aliphatic rings. The monoisotopic (exact) mass is 439 g/mol. The van der Waals surface area contributed by atoms with E-state index in [1.54, 1.807) is 25.1 Å². The molecule has 3 aromatic carbocycles. The average Bonchev–Trinajstić information content (AvgIpc) is 2.69. The molecule has 0 fully saturated rings. The van der Waals surface area contributed by atoms with Crippen LogP contribution in [0.15, 0.2) is 65.6 Å². The quantitative estimate of drug-likeness (QED) is 0.607. The maximum absolute atomic E-state index is 13.6. The molecule has 0 aliphatic heterocycles. The molecule has 9 heteroatoms. The molecule has 158 valence electrons. The summed E-state index contributed by atoms with van der Waals surface area (Å²) < 4.78 is 42.0. The average molecular weight is 439 g/mol. The molecule has 0 saturated heterocycles. The zero-order valence-electron chi connectivity index (χ0n) is 16.4. The Balaban J connectivity index is 1.72. The van der Waals surface area contributed by atoms with Crippen LogP contribution in [0, 0.1) is 24.1 Å². The van der Waals surface area contributed by atoms with Gasteiger partial charge in [-0.05, 0) is 60.5 Å². The molecule has 0 atom stereocenters. The van der Waals surface area contributed by atoms with Crippen molar-refractivity contribution in [3.63, 3.8) is 0 Å². The number of nitrogens with zero attached hydrogens (tertiary/aromatic N) is 1. The molecule has 0 spiro atoms. The van der Waals surface area contributed by atoms with Gasteiger partial charge >= 0.3 is 0 Å². The summed E-state index contributed by atoms with van der Waals surface area (Å²) in [5.74, 6) is -0.306. The lowest BCUT2D eigenvalue weighted by Gasteiger charge is -2.12. The number of carbonyl (C=O) groups excluding carboxylic acids is 1. The van der Waals surface area contributed by atoms with Crippen molar-refractivity contribution in [3.8, 4) is 17.6 Å². The van der Waals surface area contributed by atoms with Gasteiger partial charge in [0.2, 0.25) is 15.9 Å². The molecule has 0 radical (unpaired) electrons. The van der Waals surface area contributed by atoms with E-state index in [0.717, 1.165) is 11.6 Å². The minimum atomic E-state index is -3.81. The van der Waals surface area contributed by atoms with E-state index in [4.69, 9.17) is 15.1 Å². The number of primary sulfonamides is 1. The second-order valence-corrected chi connectivity index (χ2v) is 8.35. The van der Waals surface area contributed by atoms with Crippen LogP contribution in [0.1, 0.15) is 16.7 Å². The highest BCUT2D eigenvalue weighted by Crippen LogP contribution is 2.28. The van der Waals surface area contributed by atoms with Crippen molar-refractivity contribution < 1.29 is 22.3 Å². The fourth-order valence-corrected chi connectivity index (χ4v) is 3.31. The lowest BCUT2D eigenvalue weighted by Crippen LogP contribution is -2.15. The van der Waals surface area contributed by atoms with Gasteiger partial charge in [0.1, 0.15) is 17.3 Å². The first kappa shape index (κ1) is 22.0. The van der Waals surface area contributed by atoms with Crippen LogP contribution in [0.4, 0.5) is 10.1 Å². The third kappa shape index (κ3) is 5.88. The lowest BCUT2D eigenvalue weighted by atomic mass is 10.1. The Bertz CT molecular complexity index is 1280. The predicted molar refractivity (Wildman–Crippen MR) is 113 cm³/mol. The highest BCUT2D eigenvalue weighted by atomic mass is 32.2. The number of hydrogen-bond acceptors (Lipinski definition) is 5. The van der Waals surface area contributed by atoms with E-state index in [9.17, 15) is 17.6 Å². The van der Waals surface area contributed by atoms with Crippen LogP contribution in [-0.4, -0.2) is 14.3 Å². The van der Waals surface area contributed by atoms with Gasteiger partial charge in [-0.15, -0.1) is 0 Å². The second-order valence-electron chi connectivity index (χ2n) is 6.78. The number of nitrogens with one attached hydrogen (secondary N) is 1. The van der Waals surface area contributed by atoms with Crippen molar-refractivity contribution in [2.45, 2.75) is 18.2 Å². The molecule has 3 rings (SSSR count). The first-order valence-corrected chi connectivity index (χ1v) is 10.6. The molecule has 7 nitrogen and oxygen atoms in total. The van der Waals surface area contributed by atoms with Crippen molar-refractivity contribution in [2.24, 2.45) is 5.14 Å². The number of carbonyl (C=O) groups is 1. The molecule has 0 heterocycles.